The van der Waals surface area contributed by atoms with Crippen molar-refractivity contribution in [1.82, 2.24) is 5.32 Å². The van der Waals surface area contributed by atoms with Crippen LogP contribution >= 0.6 is 15.9 Å². The van der Waals surface area contributed by atoms with Gasteiger partial charge in [-0.2, -0.15) is 0 Å². The first-order valence-electron chi connectivity index (χ1n) is 5.21. The molecule has 4 nitrogen and oxygen atoms in total. The molecule has 0 atom stereocenters. The molecular formula is C12H14BrNO3. The lowest BCUT2D eigenvalue weighted by Gasteiger charge is -2.08. The molecule has 17 heavy (non-hydrogen) atoms. The van der Waals surface area contributed by atoms with Crippen LogP contribution in [0.2, 0.25) is 0 Å². The topological polar surface area (TPSA) is 55.4 Å². The number of hydrogen-bond acceptors (Lipinski definition) is 3. The fourth-order valence-electron chi connectivity index (χ4n) is 1.15. The summed E-state index contributed by atoms with van der Waals surface area (Å²) in [6.07, 6.45) is -0.580. The smallest absolute Gasteiger partial charge is 0.407 e. The number of alkyl carbamates (subject to hydrolysis) is 1. The van der Waals surface area contributed by atoms with E-state index in [9.17, 15) is 9.59 Å². The molecule has 0 aromatic heterocycles. The Labute approximate surface area is 108 Å². The third kappa shape index (κ3) is 4.99. The zero-order chi connectivity index (χ0) is 12.8. The summed E-state index contributed by atoms with van der Waals surface area (Å²) < 4.78 is 5.61. The fraction of sp³-hybridized carbons (Fsp3) is 0.333. The van der Waals surface area contributed by atoms with Crippen molar-refractivity contribution in [1.29, 1.82) is 0 Å². The average molecular weight is 300 g/mol. The van der Waals surface area contributed by atoms with E-state index in [-0.39, 0.29) is 18.4 Å². The van der Waals surface area contributed by atoms with Crippen LogP contribution in [0.5, 0.6) is 0 Å². The number of ether oxygens (including phenoxy) is 1. The van der Waals surface area contributed by atoms with Gasteiger partial charge >= 0.3 is 6.09 Å². The van der Waals surface area contributed by atoms with Crippen LogP contribution in [-0.4, -0.2) is 24.5 Å². The maximum Gasteiger partial charge on any atom is 0.407 e. The second kappa shape index (κ2) is 6.39. The Morgan fingerprint density at radius 1 is 1.41 bits per heavy atom. The van der Waals surface area contributed by atoms with E-state index in [4.69, 9.17) is 4.74 Å². The number of ketones is 1. The number of hydrogen-bond donors (Lipinski definition) is 1. The van der Waals surface area contributed by atoms with Crippen molar-refractivity contribution in [2.45, 2.75) is 19.9 Å². The normalized spacial score (nSPS) is 10.1. The second-order valence-corrected chi connectivity index (χ2v) is 4.72. The number of halogens is 1. The van der Waals surface area contributed by atoms with Gasteiger partial charge in [0, 0.05) is 16.1 Å². The van der Waals surface area contributed by atoms with Gasteiger partial charge < -0.3 is 10.1 Å². The van der Waals surface area contributed by atoms with Crippen molar-refractivity contribution in [3.05, 3.63) is 34.3 Å². The molecule has 5 heteroatoms. The van der Waals surface area contributed by atoms with E-state index < -0.39 is 6.09 Å². The highest BCUT2D eigenvalue weighted by Crippen LogP contribution is 2.12. The van der Waals surface area contributed by atoms with Gasteiger partial charge in [-0.15, -0.1) is 0 Å². The lowest BCUT2D eigenvalue weighted by molar-refractivity contribution is 0.0840. The standard InChI is InChI=1S/C12H14BrNO3/c1-8(2)14-12(16)17-7-11(15)9-4-3-5-10(13)6-9/h3-6,8H,7H2,1-2H3,(H,14,16). The van der Waals surface area contributed by atoms with Crippen LogP contribution in [0, 0.1) is 0 Å². The molecule has 1 N–H and O–H groups in total. The van der Waals surface area contributed by atoms with E-state index >= 15 is 0 Å². The van der Waals surface area contributed by atoms with Gasteiger partial charge in [0.15, 0.2) is 12.4 Å². The van der Waals surface area contributed by atoms with Crippen LogP contribution < -0.4 is 5.32 Å². The van der Waals surface area contributed by atoms with Gasteiger partial charge in [0.1, 0.15) is 0 Å². The van der Waals surface area contributed by atoms with Gasteiger partial charge in [-0.05, 0) is 26.0 Å². The van der Waals surface area contributed by atoms with Crippen molar-refractivity contribution >= 4 is 27.8 Å². The largest absolute Gasteiger partial charge is 0.441 e. The summed E-state index contributed by atoms with van der Waals surface area (Å²) in [5.74, 6) is -0.231. The summed E-state index contributed by atoms with van der Waals surface area (Å²) in [6.45, 7) is 3.38. The van der Waals surface area contributed by atoms with E-state index in [0.717, 1.165) is 4.47 Å². The molecule has 92 valence electrons. The molecular weight excluding hydrogens is 286 g/mol. The summed E-state index contributed by atoms with van der Waals surface area (Å²) in [7, 11) is 0. The zero-order valence-electron chi connectivity index (χ0n) is 9.70. The van der Waals surface area contributed by atoms with Gasteiger partial charge in [-0.25, -0.2) is 4.79 Å². The Morgan fingerprint density at radius 2 is 2.12 bits per heavy atom. The van der Waals surface area contributed by atoms with E-state index in [1.54, 1.807) is 18.2 Å². The number of amides is 1. The van der Waals surface area contributed by atoms with Crippen molar-refractivity contribution in [3.8, 4) is 0 Å². The molecule has 0 fully saturated rings. The van der Waals surface area contributed by atoms with Crippen LogP contribution in [0.4, 0.5) is 4.79 Å². The second-order valence-electron chi connectivity index (χ2n) is 3.81. The Kier molecular flexibility index (Phi) is 5.15. The molecule has 0 spiro atoms. The summed E-state index contributed by atoms with van der Waals surface area (Å²) in [6, 6.07) is 6.93. The van der Waals surface area contributed by atoms with Crippen molar-refractivity contribution in [3.63, 3.8) is 0 Å². The summed E-state index contributed by atoms with van der Waals surface area (Å²) in [5, 5.41) is 2.54. The molecule has 0 aliphatic heterocycles. The zero-order valence-corrected chi connectivity index (χ0v) is 11.3. The predicted octanol–water partition coefficient (Wildman–Crippen LogP) is 2.77. The fourth-order valence-corrected chi connectivity index (χ4v) is 1.55. The Balaban J connectivity index is 2.48. The minimum Gasteiger partial charge on any atom is -0.441 e. The van der Waals surface area contributed by atoms with Gasteiger partial charge in [-0.3, -0.25) is 4.79 Å². The lowest BCUT2D eigenvalue weighted by atomic mass is 10.1. The molecule has 0 aliphatic carbocycles. The molecule has 0 saturated heterocycles. The number of benzene rings is 1. The van der Waals surface area contributed by atoms with Gasteiger partial charge in [0.25, 0.3) is 0 Å². The maximum absolute atomic E-state index is 11.7. The van der Waals surface area contributed by atoms with Crippen LogP contribution in [0.25, 0.3) is 0 Å². The number of rotatable bonds is 4. The minimum atomic E-state index is -0.580. The Bertz CT molecular complexity index is 418. The maximum atomic E-state index is 11.7. The quantitative estimate of drug-likeness (QED) is 0.870. The summed E-state index contributed by atoms with van der Waals surface area (Å²) in [5.41, 5.74) is 0.511. The van der Waals surface area contributed by atoms with Gasteiger partial charge in [0.2, 0.25) is 0 Å². The predicted molar refractivity (Wildman–Crippen MR) is 68.1 cm³/mol. The first-order chi connectivity index (χ1) is 7.99. The number of Topliss-reactive ketones (excluding diaryl/α,β-unsaturated/α-hetero) is 1. The molecule has 0 bridgehead atoms. The molecule has 1 amide bonds. The number of carbonyl (C=O) groups excluding carboxylic acids is 2. The van der Waals surface area contributed by atoms with E-state index in [1.165, 1.54) is 0 Å². The highest BCUT2D eigenvalue weighted by Gasteiger charge is 2.10. The van der Waals surface area contributed by atoms with Crippen LogP contribution in [0.3, 0.4) is 0 Å². The molecule has 0 heterocycles. The van der Waals surface area contributed by atoms with Gasteiger partial charge in [0.05, 0.1) is 0 Å². The molecule has 1 aromatic carbocycles. The number of carbonyl (C=O) groups is 2. The summed E-state index contributed by atoms with van der Waals surface area (Å²) >= 11 is 3.27. The third-order valence-corrected chi connectivity index (χ3v) is 2.38. The van der Waals surface area contributed by atoms with Crippen molar-refractivity contribution in [2.24, 2.45) is 0 Å². The first-order valence-corrected chi connectivity index (χ1v) is 6.00. The van der Waals surface area contributed by atoms with E-state index in [2.05, 4.69) is 21.2 Å². The van der Waals surface area contributed by atoms with Crippen LogP contribution in [-0.2, 0) is 4.74 Å². The SMILES string of the molecule is CC(C)NC(=O)OCC(=O)c1cccc(Br)c1. The van der Waals surface area contributed by atoms with Crippen LogP contribution in [0.15, 0.2) is 28.7 Å². The highest BCUT2D eigenvalue weighted by atomic mass is 79.9. The molecule has 0 saturated carbocycles. The Hall–Kier alpha value is -1.36. The van der Waals surface area contributed by atoms with E-state index in [0.29, 0.717) is 5.56 Å². The molecule has 0 aliphatic rings. The summed E-state index contributed by atoms with van der Waals surface area (Å²) in [4.78, 5) is 22.8. The van der Waals surface area contributed by atoms with Crippen molar-refractivity contribution in [2.75, 3.05) is 6.61 Å². The molecule has 1 rings (SSSR count). The van der Waals surface area contributed by atoms with E-state index in [1.807, 2.05) is 19.9 Å². The monoisotopic (exact) mass is 299 g/mol. The minimum absolute atomic E-state index is 0.0107. The third-order valence-electron chi connectivity index (χ3n) is 1.89. The lowest BCUT2D eigenvalue weighted by Crippen LogP contribution is -2.32. The first kappa shape index (κ1) is 13.7. The Morgan fingerprint density at radius 3 is 2.71 bits per heavy atom. The molecule has 1 aromatic rings. The number of nitrogens with one attached hydrogen (secondary N) is 1. The average Bonchev–Trinajstić information content (AvgIpc) is 2.25. The van der Waals surface area contributed by atoms with Crippen molar-refractivity contribution < 1.29 is 14.3 Å². The van der Waals surface area contributed by atoms with Crippen LogP contribution in [0.1, 0.15) is 24.2 Å². The van der Waals surface area contributed by atoms with Gasteiger partial charge in [-0.1, -0.05) is 28.1 Å². The molecule has 0 radical (unpaired) electrons. The highest BCUT2D eigenvalue weighted by molar-refractivity contribution is 9.10. The molecule has 0 unspecified atom stereocenters.